The quantitative estimate of drug-likeness (QED) is 0.748. The summed E-state index contributed by atoms with van der Waals surface area (Å²) in [6, 6.07) is 0.510. The van der Waals surface area contributed by atoms with Crippen molar-refractivity contribution in [2.24, 2.45) is 23.0 Å². The van der Waals surface area contributed by atoms with Crippen LogP contribution in [0.4, 0.5) is 0 Å². The maximum absolute atomic E-state index is 5.85. The monoisotopic (exact) mass is 198 g/mol. The summed E-state index contributed by atoms with van der Waals surface area (Å²) in [6.45, 7) is 11.2. The molecule has 2 nitrogen and oxygen atoms in total. The molecule has 0 aromatic heterocycles. The van der Waals surface area contributed by atoms with Gasteiger partial charge in [0.2, 0.25) is 0 Å². The molecule has 0 aliphatic heterocycles. The minimum Gasteiger partial charge on any atom is -0.329 e. The zero-order valence-electron chi connectivity index (χ0n) is 10.4. The first-order chi connectivity index (χ1) is 6.36. The highest BCUT2D eigenvalue weighted by Crippen LogP contribution is 2.39. The Morgan fingerprint density at radius 1 is 1.43 bits per heavy atom. The summed E-state index contributed by atoms with van der Waals surface area (Å²) in [5.74, 6) is 1.87. The first-order valence-corrected chi connectivity index (χ1v) is 5.76. The van der Waals surface area contributed by atoms with Gasteiger partial charge in [0.25, 0.3) is 0 Å². The standard InChI is InChI=1S/C12H26N2/c1-9-6-10(9)8-14(5)11(7-13)12(2,3)4/h9-11H,6-8,13H2,1-5H3. The van der Waals surface area contributed by atoms with Crippen molar-refractivity contribution in [3.63, 3.8) is 0 Å². The number of likely N-dealkylation sites (N-methyl/N-ethyl adjacent to an activating group) is 1. The van der Waals surface area contributed by atoms with Gasteiger partial charge in [-0.05, 0) is 30.7 Å². The van der Waals surface area contributed by atoms with E-state index in [4.69, 9.17) is 5.73 Å². The van der Waals surface area contributed by atoms with Crippen LogP contribution in [-0.2, 0) is 0 Å². The van der Waals surface area contributed by atoms with Crippen LogP contribution < -0.4 is 5.73 Å². The Kier molecular flexibility index (Phi) is 3.59. The Labute approximate surface area is 88.8 Å². The summed E-state index contributed by atoms with van der Waals surface area (Å²) in [5, 5.41) is 0. The highest BCUT2D eigenvalue weighted by Gasteiger charge is 2.36. The van der Waals surface area contributed by atoms with Gasteiger partial charge in [-0.25, -0.2) is 0 Å². The Bertz CT molecular complexity index is 183. The molecule has 1 aliphatic rings. The van der Waals surface area contributed by atoms with E-state index in [9.17, 15) is 0 Å². The van der Waals surface area contributed by atoms with Gasteiger partial charge >= 0.3 is 0 Å². The number of nitrogens with zero attached hydrogens (tertiary/aromatic N) is 1. The molecule has 0 heterocycles. The minimum absolute atomic E-state index is 0.293. The molecule has 0 aromatic rings. The third-order valence-electron chi connectivity index (χ3n) is 3.55. The van der Waals surface area contributed by atoms with Crippen LogP contribution in [-0.4, -0.2) is 31.1 Å². The average Bonchev–Trinajstić information content (AvgIpc) is 2.64. The average molecular weight is 198 g/mol. The van der Waals surface area contributed by atoms with Gasteiger partial charge in [0.1, 0.15) is 0 Å². The van der Waals surface area contributed by atoms with Crippen molar-refractivity contribution in [1.29, 1.82) is 0 Å². The highest BCUT2D eigenvalue weighted by atomic mass is 15.2. The van der Waals surface area contributed by atoms with Gasteiger partial charge in [-0.3, -0.25) is 0 Å². The fourth-order valence-electron chi connectivity index (χ4n) is 2.35. The van der Waals surface area contributed by atoms with Crippen molar-refractivity contribution in [1.82, 2.24) is 4.90 Å². The fourth-order valence-corrected chi connectivity index (χ4v) is 2.35. The zero-order valence-corrected chi connectivity index (χ0v) is 10.4. The van der Waals surface area contributed by atoms with E-state index in [1.807, 2.05) is 0 Å². The molecule has 0 spiro atoms. The fraction of sp³-hybridized carbons (Fsp3) is 1.00. The van der Waals surface area contributed by atoms with Gasteiger partial charge in [-0.1, -0.05) is 27.7 Å². The molecule has 0 aromatic carbocycles. The lowest BCUT2D eigenvalue weighted by molar-refractivity contribution is 0.126. The van der Waals surface area contributed by atoms with Gasteiger partial charge in [0.05, 0.1) is 0 Å². The van der Waals surface area contributed by atoms with Crippen molar-refractivity contribution >= 4 is 0 Å². The van der Waals surface area contributed by atoms with Gasteiger partial charge in [-0.2, -0.15) is 0 Å². The van der Waals surface area contributed by atoms with E-state index in [0.717, 1.165) is 18.4 Å². The summed E-state index contributed by atoms with van der Waals surface area (Å²) in [5.41, 5.74) is 6.14. The number of hydrogen-bond donors (Lipinski definition) is 1. The Morgan fingerprint density at radius 2 is 1.93 bits per heavy atom. The van der Waals surface area contributed by atoms with E-state index in [0.29, 0.717) is 11.5 Å². The van der Waals surface area contributed by atoms with Crippen molar-refractivity contribution in [2.75, 3.05) is 20.1 Å². The van der Waals surface area contributed by atoms with Crippen LogP contribution in [0.25, 0.3) is 0 Å². The molecule has 2 N–H and O–H groups in total. The second-order valence-corrected chi connectivity index (χ2v) is 6.03. The lowest BCUT2D eigenvalue weighted by Crippen LogP contribution is -2.47. The third-order valence-corrected chi connectivity index (χ3v) is 3.55. The van der Waals surface area contributed by atoms with E-state index in [1.54, 1.807) is 0 Å². The van der Waals surface area contributed by atoms with Gasteiger partial charge in [0.15, 0.2) is 0 Å². The molecule has 1 aliphatic carbocycles. The van der Waals surface area contributed by atoms with Crippen molar-refractivity contribution in [2.45, 2.75) is 40.2 Å². The van der Waals surface area contributed by atoms with Crippen LogP contribution >= 0.6 is 0 Å². The predicted molar refractivity (Wildman–Crippen MR) is 62.2 cm³/mol. The molecule has 1 saturated carbocycles. The molecule has 14 heavy (non-hydrogen) atoms. The topological polar surface area (TPSA) is 29.3 Å². The molecule has 1 fully saturated rings. The molecular weight excluding hydrogens is 172 g/mol. The van der Waals surface area contributed by atoms with Gasteiger partial charge in [0, 0.05) is 19.1 Å². The van der Waals surface area contributed by atoms with E-state index < -0.39 is 0 Å². The summed E-state index contributed by atoms with van der Waals surface area (Å²) < 4.78 is 0. The molecule has 0 radical (unpaired) electrons. The van der Waals surface area contributed by atoms with Crippen molar-refractivity contribution < 1.29 is 0 Å². The molecule has 3 unspecified atom stereocenters. The van der Waals surface area contributed by atoms with E-state index >= 15 is 0 Å². The lowest BCUT2D eigenvalue weighted by Gasteiger charge is -2.37. The first kappa shape index (κ1) is 12.0. The molecule has 0 amide bonds. The highest BCUT2D eigenvalue weighted by molar-refractivity contribution is 4.89. The number of hydrogen-bond acceptors (Lipinski definition) is 2. The Hall–Kier alpha value is -0.0800. The van der Waals surface area contributed by atoms with Crippen LogP contribution in [0.15, 0.2) is 0 Å². The first-order valence-electron chi connectivity index (χ1n) is 5.76. The van der Waals surface area contributed by atoms with Crippen LogP contribution in [0.5, 0.6) is 0 Å². The summed E-state index contributed by atoms with van der Waals surface area (Å²) >= 11 is 0. The van der Waals surface area contributed by atoms with E-state index in [-0.39, 0.29) is 0 Å². The second kappa shape index (κ2) is 4.19. The maximum atomic E-state index is 5.85. The molecule has 2 heteroatoms. The number of rotatable bonds is 4. The number of nitrogens with two attached hydrogens (primary N) is 1. The largest absolute Gasteiger partial charge is 0.329 e. The van der Waals surface area contributed by atoms with Gasteiger partial charge < -0.3 is 10.6 Å². The molecular formula is C12H26N2. The second-order valence-electron chi connectivity index (χ2n) is 6.03. The smallest absolute Gasteiger partial charge is 0.0263 e. The molecule has 3 atom stereocenters. The van der Waals surface area contributed by atoms with E-state index in [1.165, 1.54) is 13.0 Å². The maximum Gasteiger partial charge on any atom is 0.0263 e. The lowest BCUT2D eigenvalue weighted by atomic mass is 9.85. The van der Waals surface area contributed by atoms with Crippen molar-refractivity contribution in [3.05, 3.63) is 0 Å². The third kappa shape index (κ3) is 2.96. The Morgan fingerprint density at radius 3 is 2.21 bits per heavy atom. The van der Waals surface area contributed by atoms with Crippen LogP contribution in [0.3, 0.4) is 0 Å². The normalized spacial score (nSPS) is 29.4. The molecule has 0 saturated heterocycles. The molecule has 1 rings (SSSR count). The zero-order chi connectivity index (χ0) is 10.9. The van der Waals surface area contributed by atoms with Crippen LogP contribution in [0, 0.1) is 17.3 Å². The minimum atomic E-state index is 0.293. The summed E-state index contributed by atoms with van der Waals surface area (Å²) in [6.07, 6.45) is 1.41. The van der Waals surface area contributed by atoms with Crippen molar-refractivity contribution in [3.8, 4) is 0 Å². The summed E-state index contributed by atoms with van der Waals surface area (Å²) in [4.78, 5) is 2.45. The SMILES string of the molecule is CC1CC1CN(C)C(CN)C(C)(C)C. The predicted octanol–water partition coefficient (Wildman–Crippen LogP) is 1.95. The van der Waals surface area contributed by atoms with Crippen LogP contribution in [0.1, 0.15) is 34.1 Å². The van der Waals surface area contributed by atoms with E-state index in [2.05, 4.69) is 39.6 Å². The van der Waals surface area contributed by atoms with Crippen LogP contribution in [0.2, 0.25) is 0 Å². The Balaban J connectivity index is 2.43. The summed E-state index contributed by atoms with van der Waals surface area (Å²) in [7, 11) is 2.22. The molecule has 84 valence electrons. The molecule has 0 bridgehead atoms. The van der Waals surface area contributed by atoms with Gasteiger partial charge in [-0.15, -0.1) is 0 Å².